The Bertz CT molecular complexity index is 675. The monoisotopic (exact) mass is 274 g/mol. The molecule has 20 heavy (non-hydrogen) atoms. The molecule has 0 saturated carbocycles. The Balaban J connectivity index is 2.83. The molecule has 0 radical (unpaired) electrons. The molecule has 6 heteroatoms. The van der Waals surface area contributed by atoms with Crippen LogP contribution in [-0.4, -0.2) is 38.9 Å². The molecule has 0 saturated heterocycles. The number of rotatable bonds is 5. The topological polar surface area (TPSA) is 71.2 Å². The zero-order valence-corrected chi connectivity index (χ0v) is 11.9. The molecule has 0 atom stereocenters. The van der Waals surface area contributed by atoms with Crippen LogP contribution in [0.1, 0.15) is 23.0 Å². The second-order valence-electron chi connectivity index (χ2n) is 4.56. The van der Waals surface area contributed by atoms with E-state index >= 15 is 0 Å². The van der Waals surface area contributed by atoms with Crippen LogP contribution in [0.15, 0.2) is 18.9 Å². The summed E-state index contributed by atoms with van der Waals surface area (Å²) in [5.74, 6) is -0.986. The van der Waals surface area contributed by atoms with Gasteiger partial charge in [-0.15, -0.1) is 6.58 Å². The second kappa shape index (κ2) is 5.32. The third-order valence-electron chi connectivity index (χ3n) is 3.28. The molecular formula is C14H18N4O2. The van der Waals surface area contributed by atoms with Crippen molar-refractivity contribution in [1.82, 2.24) is 14.8 Å². The minimum atomic E-state index is -0.986. The number of fused-ring (bicyclic) bond motifs is 1. The Labute approximate surface area is 117 Å². The maximum absolute atomic E-state index is 11.5. The number of aromatic nitrogens is 3. The highest BCUT2D eigenvalue weighted by atomic mass is 16.4. The SMILES string of the molecule is C=CCN(CC)c1c(C(=O)O)cnc2c1c(C)nn2C. The van der Waals surface area contributed by atoms with Crippen LogP contribution in [0.5, 0.6) is 0 Å². The highest BCUT2D eigenvalue weighted by molar-refractivity contribution is 6.04. The summed E-state index contributed by atoms with van der Waals surface area (Å²) < 4.78 is 1.67. The summed E-state index contributed by atoms with van der Waals surface area (Å²) in [6.45, 7) is 8.83. The van der Waals surface area contributed by atoms with Crippen LogP contribution in [0.25, 0.3) is 11.0 Å². The van der Waals surface area contributed by atoms with E-state index in [1.807, 2.05) is 18.7 Å². The van der Waals surface area contributed by atoms with E-state index in [4.69, 9.17) is 0 Å². The minimum Gasteiger partial charge on any atom is -0.478 e. The number of aromatic carboxylic acids is 1. The molecule has 6 nitrogen and oxygen atoms in total. The number of anilines is 1. The van der Waals surface area contributed by atoms with Crippen molar-refractivity contribution in [3.8, 4) is 0 Å². The molecule has 0 aliphatic heterocycles. The van der Waals surface area contributed by atoms with Gasteiger partial charge < -0.3 is 10.0 Å². The maximum Gasteiger partial charge on any atom is 0.339 e. The Hall–Kier alpha value is -2.37. The first-order valence-electron chi connectivity index (χ1n) is 6.42. The van der Waals surface area contributed by atoms with E-state index in [1.165, 1.54) is 6.20 Å². The van der Waals surface area contributed by atoms with Gasteiger partial charge in [-0.25, -0.2) is 9.78 Å². The first kappa shape index (κ1) is 14.0. The summed E-state index contributed by atoms with van der Waals surface area (Å²) in [6.07, 6.45) is 3.15. The maximum atomic E-state index is 11.5. The molecule has 0 aliphatic rings. The Morgan fingerprint density at radius 3 is 2.85 bits per heavy atom. The van der Waals surface area contributed by atoms with Crippen molar-refractivity contribution in [2.45, 2.75) is 13.8 Å². The van der Waals surface area contributed by atoms with Crippen molar-refractivity contribution in [2.24, 2.45) is 7.05 Å². The highest BCUT2D eigenvalue weighted by Gasteiger charge is 2.22. The van der Waals surface area contributed by atoms with Gasteiger partial charge >= 0.3 is 5.97 Å². The number of pyridine rings is 1. The fraction of sp³-hybridized carbons (Fsp3) is 0.357. The summed E-state index contributed by atoms with van der Waals surface area (Å²) in [7, 11) is 1.80. The van der Waals surface area contributed by atoms with Gasteiger partial charge in [0.05, 0.1) is 16.8 Å². The van der Waals surface area contributed by atoms with Crippen molar-refractivity contribution >= 4 is 22.7 Å². The van der Waals surface area contributed by atoms with Gasteiger partial charge in [-0.05, 0) is 13.8 Å². The van der Waals surface area contributed by atoms with Crippen LogP contribution in [0.3, 0.4) is 0 Å². The molecule has 0 spiro atoms. The number of nitrogens with zero attached hydrogens (tertiary/aromatic N) is 4. The van der Waals surface area contributed by atoms with Crippen LogP contribution in [0, 0.1) is 6.92 Å². The van der Waals surface area contributed by atoms with Crippen molar-refractivity contribution in [3.05, 3.63) is 30.1 Å². The van der Waals surface area contributed by atoms with Gasteiger partial charge in [0.1, 0.15) is 5.56 Å². The van der Waals surface area contributed by atoms with Gasteiger partial charge in [0.2, 0.25) is 0 Å². The number of likely N-dealkylation sites (N-methyl/N-ethyl adjacent to an activating group) is 1. The number of aryl methyl sites for hydroxylation is 2. The van der Waals surface area contributed by atoms with Gasteiger partial charge in [-0.1, -0.05) is 6.08 Å². The predicted octanol–water partition coefficient (Wildman–Crippen LogP) is 1.99. The van der Waals surface area contributed by atoms with Crippen molar-refractivity contribution in [3.63, 3.8) is 0 Å². The first-order valence-corrected chi connectivity index (χ1v) is 6.42. The largest absolute Gasteiger partial charge is 0.478 e. The summed E-state index contributed by atoms with van der Waals surface area (Å²) in [5.41, 5.74) is 2.31. The lowest BCUT2D eigenvalue weighted by Crippen LogP contribution is -2.25. The molecule has 0 amide bonds. The molecule has 0 fully saturated rings. The minimum absolute atomic E-state index is 0.192. The summed E-state index contributed by atoms with van der Waals surface area (Å²) >= 11 is 0. The van der Waals surface area contributed by atoms with Crippen LogP contribution in [0.2, 0.25) is 0 Å². The van der Waals surface area contributed by atoms with Gasteiger partial charge in [0, 0.05) is 26.3 Å². The molecule has 0 aromatic carbocycles. The van der Waals surface area contributed by atoms with Gasteiger partial charge in [0.25, 0.3) is 0 Å². The average Bonchev–Trinajstić information content (AvgIpc) is 2.70. The third-order valence-corrected chi connectivity index (χ3v) is 3.28. The van der Waals surface area contributed by atoms with E-state index in [2.05, 4.69) is 16.7 Å². The molecular weight excluding hydrogens is 256 g/mol. The molecule has 106 valence electrons. The Kier molecular flexibility index (Phi) is 3.74. The third kappa shape index (κ3) is 2.13. The lowest BCUT2D eigenvalue weighted by Gasteiger charge is -2.24. The van der Waals surface area contributed by atoms with Crippen molar-refractivity contribution < 1.29 is 9.90 Å². The highest BCUT2D eigenvalue weighted by Crippen LogP contribution is 2.31. The Morgan fingerprint density at radius 1 is 1.60 bits per heavy atom. The van der Waals surface area contributed by atoms with Crippen LogP contribution in [0.4, 0.5) is 5.69 Å². The fourth-order valence-corrected chi connectivity index (χ4v) is 2.41. The molecule has 0 unspecified atom stereocenters. The van der Waals surface area contributed by atoms with Crippen LogP contribution in [-0.2, 0) is 7.05 Å². The molecule has 2 rings (SSSR count). The number of carboxylic acids is 1. The van der Waals surface area contributed by atoms with E-state index in [9.17, 15) is 9.90 Å². The predicted molar refractivity (Wildman–Crippen MR) is 78.3 cm³/mol. The molecule has 0 aliphatic carbocycles. The average molecular weight is 274 g/mol. The number of hydrogen-bond donors (Lipinski definition) is 1. The van der Waals surface area contributed by atoms with Gasteiger partial charge in [-0.3, -0.25) is 4.68 Å². The molecule has 1 N–H and O–H groups in total. The van der Waals surface area contributed by atoms with E-state index in [-0.39, 0.29) is 5.56 Å². The number of hydrogen-bond acceptors (Lipinski definition) is 4. The normalized spacial score (nSPS) is 10.8. The lowest BCUT2D eigenvalue weighted by molar-refractivity contribution is 0.0697. The zero-order chi connectivity index (χ0) is 14.9. The lowest BCUT2D eigenvalue weighted by atomic mass is 10.1. The molecule has 0 bridgehead atoms. The number of carbonyl (C=O) groups is 1. The molecule has 2 aromatic rings. The van der Waals surface area contributed by atoms with E-state index in [0.29, 0.717) is 24.4 Å². The van der Waals surface area contributed by atoms with E-state index in [0.717, 1.165) is 11.1 Å². The first-order chi connectivity index (χ1) is 9.51. The fourth-order valence-electron chi connectivity index (χ4n) is 2.41. The summed E-state index contributed by atoms with van der Waals surface area (Å²) in [5, 5.41) is 14.5. The number of carboxylic acid groups (broad SMARTS) is 1. The quantitative estimate of drug-likeness (QED) is 0.844. The zero-order valence-electron chi connectivity index (χ0n) is 11.9. The van der Waals surface area contributed by atoms with Gasteiger partial charge in [-0.2, -0.15) is 5.10 Å². The van der Waals surface area contributed by atoms with Crippen LogP contribution >= 0.6 is 0 Å². The Morgan fingerprint density at radius 2 is 2.30 bits per heavy atom. The van der Waals surface area contributed by atoms with Crippen molar-refractivity contribution in [2.75, 3.05) is 18.0 Å². The second-order valence-corrected chi connectivity index (χ2v) is 4.56. The van der Waals surface area contributed by atoms with E-state index in [1.54, 1.807) is 17.8 Å². The van der Waals surface area contributed by atoms with Gasteiger partial charge in [0.15, 0.2) is 5.65 Å². The summed E-state index contributed by atoms with van der Waals surface area (Å²) in [4.78, 5) is 17.7. The van der Waals surface area contributed by atoms with E-state index < -0.39 is 5.97 Å². The smallest absolute Gasteiger partial charge is 0.339 e. The molecule has 2 heterocycles. The van der Waals surface area contributed by atoms with Crippen LogP contribution < -0.4 is 4.90 Å². The summed E-state index contributed by atoms with van der Waals surface area (Å²) in [6, 6.07) is 0. The van der Waals surface area contributed by atoms with Crippen molar-refractivity contribution in [1.29, 1.82) is 0 Å². The molecule has 2 aromatic heterocycles. The standard InChI is InChI=1S/C14H18N4O2/c1-5-7-18(6-2)12-10(14(19)20)8-15-13-11(12)9(3)16-17(13)4/h5,8H,1,6-7H2,2-4H3,(H,19,20).